The van der Waals surface area contributed by atoms with Crippen LogP contribution < -0.4 is 10.6 Å². The minimum absolute atomic E-state index is 0.0899. The third-order valence-electron chi connectivity index (χ3n) is 2.38. The molecule has 0 aliphatic heterocycles. The minimum Gasteiger partial charge on any atom is -0.451 e. The highest BCUT2D eigenvalue weighted by atomic mass is 35.5. The number of likely N-dealkylation sites (N-methyl/N-ethyl adjacent to an activating group) is 1. The zero-order valence-corrected chi connectivity index (χ0v) is 12.4. The van der Waals surface area contributed by atoms with Gasteiger partial charge in [-0.25, -0.2) is 0 Å². The van der Waals surface area contributed by atoms with Crippen LogP contribution in [0.2, 0.25) is 5.02 Å². The molecule has 0 radical (unpaired) electrons. The van der Waals surface area contributed by atoms with Gasteiger partial charge in [0.2, 0.25) is 0 Å². The lowest BCUT2D eigenvalue weighted by Gasteiger charge is -2.12. The molecule has 0 aromatic carbocycles. The highest BCUT2D eigenvalue weighted by molar-refractivity contribution is 6.30. The van der Waals surface area contributed by atoms with Gasteiger partial charge >= 0.3 is 5.97 Å². The Kier molecular flexibility index (Phi) is 6.61. The molecule has 0 spiro atoms. The molecule has 0 unspecified atom stereocenters. The van der Waals surface area contributed by atoms with Gasteiger partial charge in [-0.3, -0.25) is 19.4 Å². The molecule has 1 aromatic heterocycles. The first-order valence-electron chi connectivity index (χ1n) is 6.31. The van der Waals surface area contributed by atoms with Crippen molar-refractivity contribution in [3.8, 4) is 0 Å². The molecule has 0 aliphatic carbocycles. The highest BCUT2D eigenvalue weighted by Crippen LogP contribution is 2.07. The number of rotatable bonds is 6. The summed E-state index contributed by atoms with van der Waals surface area (Å²) in [6.07, 6.45) is 0.464. The van der Waals surface area contributed by atoms with E-state index < -0.39 is 23.9 Å². The number of carbonyl (C=O) groups excluding carboxylic acids is 3. The van der Waals surface area contributed by atoms with E-state index in [1.807, 2.05) is 0 Å². The van der Waals surface area contributed by atoms with Crippen molar-refractivity contribution in [1.82, 2.24) is 15.6 Å². The maximum absolute atomic E-state index is 11.7. The first kappa shape index (κ1) is 16.9. The average molecular weight is 314 g/mol. The number of esters is 1. The van der Waals surface area contributed by atoms with Crippen LogP contribution in [0.3, 0.4) is 0 Å². The largest absolute Gasteiger partial charge is 0.451 e. The Bertz CT molecular complexity index is 536. The SMILES string of the molecule is CCNC(=O)[C@@H](C)OC(=O)CNC(=O)c1cc(Cl)ccn1. The Morgan fingerprint density at radius 2 is 2.10 bits per heavy atom. The van der Waals surface area contributed by atoms with Gasteiger partial charge < -0.3 is 15.4 Å². The number of carbonyl (C=O) groups is 3. The van der Waals surface area contributed by atoms with Crippen molar-refractivity contribution >= 4 is 29.4 Å². The number of hydrogen-bond acceptors (Lipinski definition) is 5. The van der Waals surface area contributed by atoms with Crippen LogP contribution in [0, 0.1) is 0 Å². The predicted octanol–water partition coefficient (Wildman–Crippen LogP) is 0.533. The van der Waals surface area contributed by atoms with Crippen molar-refractivity contribution in [3.05, 3.63) is 29.0 Å². The molecule has 21 heavy (non-hydrogen) atoms. The summed E-state index contributed by atoms with van der Waals surface area (Å²) < 4.78 is 4.86. The first-order chi connectivity index (χ1) is 9.93. The fourth-order valence-corrected chi connectivity index (χ4v) is 1.54. The van der Waals surface area contributed by atoms with E-state index in [-0.39, 0.29) is 12.2 Å². The van der Waals surface area contributed by atoms with Crippen molar-refractivity contribution in [2.45, 2.75) is 20.0 Å². The molecule has 8 heteroatoms. The van der Waals surface area contributed by atoms with Gasteiger partial charge in [0, 0.05) is 17.8 Å². The molecule has 0 bridgehead atoms. The number of amides is 2. The second-order valence-electron chi connectivity index (χ2n) is 4.07. The number of nitrogens with zero attached hydrogens (tertiary/aromatic N) is 1. The lowest BCUT2D eigenvalue weighted by molar-refractivity contribution is -0.153. The summed E-state index contributed by atoms with van der Waals surface area (Å²) in [5, 5.41) is 5.22. The fourth-order valence-electron chi connectivity index (χ4n) is 1.38. The van der Waals surface area contributed by atoms with Crippen LogP contribution in [0.5, 0.6) is 0 Å². The van der Waals surface area contributed by atoms with Crippen LogP contribution >= 0.6 is 11.6 Å². The van der Waals surface area contributed by atoms with E-state index in [0.717, 1.165) is 0 Å². The van der Waals surface area contributed by atoms with Crippen molar-refractivity contribution in [2.75, 3.05) is 13.1 Å². The maximum Gasteiger partial charge on any atom is 0.326 e. The molecule has 2 N–H and O–H groups in total. The van der Waals surface area contributed by atoms with E-state index in [1.54, 1.807) is 6.92 Å². The van der Waals surface area contributed by atoms with Gasteiger partial charge in [0.1, 0.15) is 12.2 Å². The monoisotopic (exact) mass is 313 g/mol. The Morgan fingerprint density at radius 3 is 2.71 bits per heavy atom. The summed E-state index contributed by atoms with van der Waals surface area (Å²) in [6, 6.07) is 2.90. The van der Waals surface area contributed by atoms with Crippen LogP contribution in [0.25, 0.3) is 0 Å². The Hall–Kier alpha value is -2.15. The molecule has 1 heterocycles. The molecule has 1 atom stereocenters. The normalized spacial score (nSPS) is 11.4. The van der Waals surface area contributed by atoms with Gasteiger partial charge in [0.05, 0.1) is 0 Å². The molecule has 0 saturated heterocycles. The molecule has 1 rings (SSSR count). The summed E-state index contributed by atoms with van der Waals surface area (Å²) in [4.78, 5) is 38.4. The Morgan fingerprint density at radius 1 is 1.38 bits per heavy atom. The average Bonchev–Trinajstić information content (AvgIpc) is 2.45. The van der Waals surface area contributed by atoms with E-state index >= 15 is 0 Å². The molecule has 114 valence electrons. The van der Waals surface area contributed by atoms with Crippen molar-refractivity contribution in [1.29, 1.82) is 0 Å². The molecular weight excluding hydrogens is 298 g/mol. The number of pyridine rings is 1. The standard InChI is InChI=1S/C13H16ClN3O4/c1-3-15-12(19)8(2)21-11(18)7-17-13(20)10-6-9(14)4-5-16-10/h4-6,8H,3,7H2,1-2H3,(H,15,19)(H,17,20)/t8-/m1/s1. The molecule has 0 saturated carbocycles. The third-order valence-corrected chi connectivity index (χ3v) is 2.61. The molecule has 0 fully saturated rings. The highest BCUT2D eigenvalue weighted by Gasteiger charge is 2.17. The number of aromatic nitrogens is 1. The Labute approximate surface area is 127 Å². The molecule has 7 nitrogen and oxygen atoms in total. The van der Waals surface area contributed by atoms with E-state index in [1.165, 1.54) is 25.3 Å². The second kappa shape index (κ2) is 8.21. The van der Waals surface area contributed by atoms with Gasteiger partial charge in [-0.05, 0) is 26.0 Å². The molecule has 1 aromatic rings. The fraction of sp³-hybridized carbons (Fsp3) is 0.385. The smallest absolute Gasteiger partial charge is 0.326 e. The lowest BCUT2D eigenvalue weighted by atomic mass is 10.3. The number of halogens is 1. The van der Waals surface area contributed by atoms with Gasteiger partial charge in [0.25, 0.3) is 11.8 Å². The van der Waals surface area contributed by atoms with Gasteiger partial charge in [-0.2, -0.15) is 0 Å². The first-order valence-corrected chi connectivity index (χ1v) is 6.68. The summed E-state index contributed by atoms with van der Waals surface area (Å²) in [5.41, 5.74) is 0.0899. The van der Waals surface area contributed by atoms with Crippen molar-refractivity contribution in [2.24, 2.45) is 0 Å². The van der Waals surface area contributed by atoms with Gasteiger partial charge in [-0.1, -0.05) is 11.6 Å². The van der Waals surface area contributed by atoms with Crippen LogP contribution in [0.4, 0.5) is 0 Å². The summed E-state index contributed by atoms with van der Waals surface area (Å²) in [7, 11) is 0. The number of hydrogen-bond donors (Lipinski definition) is 2. The lowest BCUT2D eigenvalue weighted by Crippen LogP contribution is -2.38. The van der Waals surface area contributed by atoms with E-state index in [4.69, 9.17) is 16.3 Å². The third kappa shape index (κ3) is 5.78. The quantitative estimate of drug-likeness (QED) is 0.747. The van der Waals surface area contributed by atoms with E-state index in [0.29, 0.717) is 11.6 Å². The minimum atomic E-state index is -0.918. The summed E-state index contributed by atoms with van der Waals surface area (Å²) in [6.45, 7) is 3.28. The van der Waals surface area contributed by atoms with Crippen molar-refractivity contribution < 1.29 is 19.1 Å². The van der Waals surface area contributed by atoms with Crippen LogP contribution in [-0.4, -0.2) is 42.0 Å². The van der Waals surface area contributed by atoms with Gasteiger partial charge in [0.15, 0.2) is 6.10 Å². The summed E-state index contributed by atoms with van der Waals surface area (Å²) >= 11 is 5.73. The van der Waals surface area contributed by atoms with Crippen LogP contribution in [0.1, 0.15) is 24.3 Å². The zero-order chi connectivity index (χ0) is 15.8. The number of ether oxygens (including phenoxy) is 1. The Balaban J connectivity index is 2.42. The molecule has 2 amide bonds. The second-order valence-corrected chi connectivity index (χ2v) is 4.51. The zero-order valence-electron chi connectivity index (χ0n) is 11.7. The predicted molar refractivity (Wildman–Crippen MR) is 75.8 cm³/mol. The van der Waals surface area contributed by atoms with Crippen molar-refractivity contribution in [3.63, 3.8) is 0 Å². The molecule has 0 aliphatic rings. The maximum atomic E-state index is 11.7. The van der Waals surface area contributed by atoms with E-state index in [9.17, 15) is 14.4 Å². The number of nitrogens with one attached hydrogen (secondary N) is 2. The van der Waals surface area contributed by atoms with Crippen LogP contribution in [-0.2, 0) is 14.3 Å². The molecular formula is C13H16ClN3O4. The van der Waals surface area contributed by atoms with Crippen LogP contribution in [0.15, 0.2) is 18.3 Å². The summed E-state index contributed by atoms with van der Waals surface area (Å²) in [5.74, 6) is -1.67. The topological polar surface area (TPSA) is 97.4 Å². The van der Waals surface area contributed by atoms with E-state index in [2.05, 4.69) is 15.6 Å². The van der Waals surface area contributed by atoms with Gasteiger partial charge in [-0.15, -0.1) is 0 Å².